The number of nitrogens with zero attached hydrogens (tertiary/aromatic N) is 3. The van der Waals surface area contributed by atoms with Gasteiger partial charge in [0.15, 0.2) is 0 Å². The second kappa shape index (κ2) is 12.9. The van der Waals surface area contributed by atoms with Crippen LogP contribution in [0.2, 0.25) is 0 Å². The molecule has 0 atom stereocenters. The van der Waals surface area contributed by atoms with Gasteiger partial charge in [-0.05, 0) is 64.4 Å². The van der Waals surface area contributed by atoms with E-state index in [9.17, 15) is 5.11 Å². The van der Waals surface area contributed by atoms with Crippen molar-refractivity contribution in [2.24, 2.45) is 0 Å². The molecular weight excluding hydrogens is 710 g/mol. The summed E-state index contributed by atoms with van der Waals surface area (Å²) < 4.78 is 2.22. The van der Waals surface area contributed by atoms with Crippen LogP contribution in [0.25, 0.3) is 50.7 Å². The van der Waals surface area contributed by atoms with Crippen molar-refractivity contribution in [2.45, 2.75) is 39.5 Å². The van der Waals surface area contributed by atoms with Crippen molar-refractivity contribution in [1.82, 2.24) is 14.5 Å². The Morgan fingerprint density at radius 2 is 1.30 bits per heavy atom. The Morgan fingerprint density at radius 3 is 2.00 bits per heavy atom. The smallest absolute Gasteiger partial charge is 0.124 e. The average molecular weight is 744 g/mol. The quantitative estimate of drug-likeness (QED) is 0.166. The first-order chi connectivity index (χ1) is 20.4. The molecule has 5 heteroatoms. The molecule has 0 saturated heterocycles. The van der Waals surface area contributed by atoms with E-state index in [1.165, 1.54) is 27.9 Å². The van der Waals surface area contributed by atoms with Gasteiger partial charge >= 0.3 is 0 Å². The van der Waals surface area contributed by atoms with Crippen LogP contribution in [0, 0.1) is 6.07 Å². The molecule has 0 aliphatic heterocycles. The first-order valence-electron chi connectivity index (χ1n) is 14.5. The molecule has 0 spiro atoms. The van der Waals surface area contributed by atoms with Gasteiger partial charge in [0.1, 0.15) is 5.75 Å². The third-order valence-electron chi connectivity index (χ3n) is 7.64. The van der Waals surface area contributed by atoms with E-state index in [0.29, 0.717) is 23.1 Å². The zero-order valence-corrected chi connectivity index (χ0v) is 27.0. The van der Waals surface area contributed by atoms with E-state index < -0.39 is 0 Å². The molecule has 0 amide bonds. The summed E-state index contributed by atoms with van der Waals surface area (Å²) in [5.41, 5.74) is 10.2. The number of aromatic nitrogens is 3. The molecule has 0 radical (unpaired) electrons. The van der Waals surface area contributed by atoms with Gasteiger partial charge < -0.3 is 9.67 Å². The predicted octanol–water partition coefficient (Wildman–Crippen LogP) is 9.69. The molecule has 1 N–H and O–H groups in total. The summed E-state index contributed by atoms with van der Waals surface area (Å²) >= 11 is 0. The molecule has 43 heavy (non-hydrogen) atoms. The van der Waals surface area contributed by atoms with E-state index in [0.717, 1.165) is 22.6 Å². The molecule has 0 saturated carbocycles. The Hall–Kier alpha value is -4.27. The number of imidazole rings is 1. The maximum absolute atomic E-state index is 10.4. The maximum Gasteiger partial charge on any atom is 0.124 e. The van der Waals surface area contributed by atoms with Gasteiger partial charge in [-0.2, -0.15) is 0 Å². The summed E-state index contributed by atoms with van der Waals surface area (Å²) in [4.78, 5) is 9.71. The minimum atomic E-state index is 0. The van der Waals surface area contributed by atoms with Crippen molar-refractivity contribution in [3.8, 4) is 56.5 Å². The van der Waals surface area contributed by atoms with Crippen molar-refractivity contribution in [3.05, 3.63) is 133 Å². The van der Waals surface area contributed by atoms with Crippen molar-refractivity contribution in [1.29, 1.82) is 0 Å². The van der Waals surface area contributed by atoms with E-state index in [-0.39, 0.29) is 26.8 Å². The maximum atomic E-state index is 10.4. The monoisotopic (exact) mass is 743 g/mol. The van der Waals surface area contributed by atoms with E-state index in [1.54, 1.807) is 6.07 Å². The fourth-order valence-electron chi connectivity index (χ4n) is 5.49. The van der Waals surface area contributed by atoms with Gasteiger partial charge in [-0.1, -0.05) is 93.4 Å². The number of rotatable bonds is 7. The van der Waals surface area contributed by atoms with Crippen LogP contribution in [0.1, 0.15) is 50.7 Å². The third-order valence-corrected chi connectivity index (χ3v) is 7.64. The SMILES string of the molecule is CC(C)c1cc(-c2ccccc2)cc(C(C)C)c1-n1ccnc1-c1[c-]c(-c2cccc(-c3ccccc3O)n2)ccc1.[Pt]. The van der Waals surface area contributed by atoms with Crippen LogP contribution in [-0.2, 0) is 21.1 Å². The molecule has 2 heterocycles. The van der Waals surface area contributed by atoms with Crippen molar-refractivity contribution >= 4 is 0 Å². The van der Waals surface area contributed by atoms with Crippen molar-refractivity contribution < 1.29 is 26.2 Å². The van der Waals surface area contributed by atoms with Gasteiger partial charge in [-0.3, -0.25) is 9.97 Å². The zero-order valence-electron chi connectivity index (χ0n) is 24.7. The fraction of sp³-hybridized carbons (Fsp3) is 0.158. The molecule has 0 unspecified atom stereocenters. The number of aromatic hydroxyl groups is 1. The third kappa shape index (κ3) is 6.12. The van der Waals surface area contributed by atoms with Crippen molar-refractivity contribution in [2.75, 3.05) is 0 Å². The van der Waals surface area contributed by atoms with E-state index in [4.69, 9.17) is 9.97 Å². The largest absolute Gasteiger partial charge is 0.507 e. The summed E-state index contributed by atoms with van der Waals surface area (Å²) in [5.74, 6) is 1.67. The number of hydrogen-bond acceptors (Lipinski definition) is 3. The standard InChI is InChI=1S/C38H34N3O.Pt/c1-25(2)32-23-30(27-12-6-5-7-13-27)24-33(26(3)4)37(32)41-21-20-39-38(41)29-15-10-14-28(22-29)34-17-11-18-35(40-34)31-16-8-9-19-36(31)42;/h5-21,23-26,42H,1-4H3;/q-1;. The summed E-state index contributed by atoms with van der Waals surface area (Å²) in [6, 6.07) is 38.1. The second-order valence-corrected chi connectivity index (χ2v) is 11.2. The molecule has 0 aliphatic carbocycles. The molecular formula is C38H34N3OPt-. The fourth-order valence-corrected chi connectivity index (χ4v) is 5.49. The minimum Gasteiger partial charge on any atom is -0.507 e. The van der Waals surface area contributed by atoms with E-state index in [2.05, 4.69) is 93.1 Å². The molecule has 0 bridgehead atoms. The van der Waals surface area contributed by atoms with Gasteiger partial charge in [0, 0.05) is 50.4 Å². The number of phenols is 1. The first-order valence-corrected chi connectivity index (χ1v) is 14.5. The van der Waals surface area contributed by atoms with Crippen molar-refractivity contribution in [3.63, 3.8) is 0 Å². The molecule has 218 valence electrons. The van der Waals surface area contributed by atoms with E-state index >= 15 is 0 Å². The Labute approximate surface area is 268 Å². The number of hydrogen-bond donors (Lipinski definition) is 1. The zero-order chi connectivity index (χ0) is 29.2. The van der Waals surface area contributed by atoms with Crippen LogP contribution in [0.4, 0.5) is 0 Å². The van der Waals surface area contributed by atoms with Crippen LogP contribution in [0.15, 0.2) is 116 Å². The normalized spacial score (nSPS) is 11.1. The number of pyridine rings is 1. The Balaban J connectivity index is 0.00000368. The van der Waals surface area contributed by atoms with Crippen LogP contribution >= 0.6 is 0 Å². The molecule has 4 aromatic carbocycles. The molecule has 0 fully saturated rings. The number of benzene rings is 4. The van der Waals surface area contributed by atoms with Gasteiger partial charge in [-0.15, -0.1) is 24.3 Å². The Bertz CT molecular complexity index is 1830. The molecule has 0 aliphatic rings. The predicted molar refractivity (Wildman–Crippen MR) is 172 cm³/mol. The van der Waals surface area contributed by atoms with Crippen LogP contribution in [-0.4, -0.2) is 19.6 Å². The second-order valence-electron chi connectivity index (χ2n) is 11.2. The summed E-state index contributed by atoms with van der Waals surface area (Å²) in [7, 11) is 0. The summed E-state index contributed by atoms with van der Waals surface area (Å²) in [6.07, 6.45) is 3.93. The molecule has 6 rings (SSSR count). The molecule has 4 nitrogen and oxygen atoms in total. The van der Waals surface area contributed by atoms with Gasteiger partial charge in [0.2, 0.25) is 0 Å². The molecule has 6 aromatic rings. The first kappa shape index (κ1) is 30.2. The van der Waals surface area contributed by atoms with Gasteiger partial charge in [0.05, 0.1) is 11.5 Å². The van der Waals surface area contributed by atoms with Crippen LogP contribution in [0.3, 0.4) is 0 Å². The van der Waals surface area contributed by atoms with Gasteiger partial charge in [-0.25, -0.2) is 0 Å². The minimum absolute atomic E-state index is 0. The van der Waals surface area contributed by atoms with Crippen LogP contribution < -0.4 is 0 Å². The Morgan fingerprint density at radius 1 is 0.674 bits per heavy atom. The Kier molecular flexibility index (Phi) is 9.08. The number of para-hydroxylation sites is 1. The van der Waals surface area contributed by atoms with E-state index in [1.807, 2.05) is 54.7 Å². The van der Waals surface area contributed by atoms with Crippen LogP contribution in [0.5, 0.6) is 5.75 Å². The average Bonchev–Trinajstić information content (AvgIpc) is 3.51. The topological polar surface area (TPSA) is 50.9 Å². The molecule has 2 aromatic heterocycles. The number of phenolic OH excluding ortho intramolecular Hbond substituents is 1. The summed E-state index contributed by atoms with van der Waals surface area (Å²) in [6.45, 7) is 9.02. The summed E-state index contributed by atoms with van der Waals surface area (Å²) in [5, 5.41) is 10.4. The van der Waals surface area contributed by atoms with Gasteiger partial charge in [0.25, 0.3) is 0 Å².